The molecule has 0 spiro atoms. The maximum Gasteiger partial charge on any atom is 0.131 e. The highest BCUT2D eigenvalue weighted by Gasteiger charge is 2.13. The minimum atomic E-state index is 0.498. The topological polar surface area (TPSA) is 27.1 Å². The minimum Gasteiger partial charge on any atom is -0.487 e. The van der Waals surface area contributed by atoms with Crippen molar-refractivity contribution < 1.29 is 4.74 Å². The largest absolute Gasteiger partial charge is 0.487 e. The zero-order valence-corrected chi connectivity index (χ0v) is 13.7. The van der Waals surface area contributed by atoms with E-state index >= 15 is 0 Å². The predicted octanol–water partition coefficient (Wildman–Crippen LogP) is 4.48. The van der Waals surface area contributed by atoms with Crippen LogP contribution in [0.15, 0.2) is 46.9 Å². The third-order valence-electron chi connectivity index (χ3n) is 3.62. The molecular weight excluding hydrogens is 328 g/mol. The lowest BCUT2D eigenvalue weighted by molar-refractivity contribution is 0.297. The molecule has 2 aromatic carbocycles. The van der Waals surface area contributed by atoms with Gasteiger partial charge in [-0.3, -0.25) is 4.68 Å². The van der Waals surface area contributed by atoms with Gasteiger partial charge < -0.3 is 4.74 Å². The van der Waals surface area contributed by atoms with E-state index in [1.54, 1.807) is 0 Å². The monoisotopic (exact) mass is 344 g/mol. The van der Waals surface area contributed by atoms with E-state index in [9.17, 15) is 0 Å². The van der Waals surface area contributed by atoms with Crippen LogP contribution in [0.5, 0.6) is 5.75 Å². The minimum absolute atomic E-state index is 0.498. The van der Waals surface area contributed by atoms with Gasteiger partial charge in [0.15, 0.2) is 0 Å². The Hall–Kier alpha value is -1.81. The molecule has 0 atom stereocenters. The number of benzene rings is 2. The normalized spacial score (nSPS) is 11.0. The standard InChI is InChI=1S/C17H17BrN2O/c1-3-14-17(18)15(20(2)19-14)11-21-16-10-6-8-12-7-4-5-9-13(12)16/h4-10H,3,11H2,1-2H3. The van der Waals surface area contributed by atoms with Crippen LogP contribution in [-0.4, -0.2) is 9.78 Å². The summed E-state index contributed by atoms with van der Waals surface area (Å²) >= 11 is 3.62. The van der Waals surface area contributed by atoms with Gasteiger partial charge in [-0.05, 0) is 33.8 Å². The van der Waals surface area contributed by atoms with Crippen LogP contribution in [0.25, 0.3) is 10.8 Å². The average molecular weight is 345 g/mol. The van der Waals surface area contributed by atoms with E-state index in [-0.39, 0.29) is 0 Å². The van der Waals surface area contributed by atoms with Crippen molar-refractivity contribution in [1.82, 2.24) is 9.78 Å². The van der Waals surface area contributed by atoms with E-state index in [0.717, 1.165) is 33.4 Å². The van der Waals surface area contributed by atoms with Crippen LogP contribution in [0.2, 0.25) is 0 Å². The highest BCUT2D eigenvalue weighted by atomic mass is 79.9. The summed E-state index contributed by atoms with van der Waals surface area (Å²) in [7, 11) is 1.95. The van der Waals surface area contributed by atoms with Gasteiger partial charge in [-0.1, -0.05) is 43.3 Å². The number of nitrogens with zero attached hydrogens (tertiary/aromatic N) is 2. The van der Waals surface area contributed by atoms with E-state index < -0.39 is 0 Å². The Morgan fingerprint density at radius 1 is 1.14 bits per heavy atom. The molecule has 21 heavy (non-hydrogen) atoms. The Bertz CT molecular complexity index is 774. The summed E-state index contributed by atoms with van der Waals surface area (Å²) in [5.74, 6) is 0.902. The Balaban J connectivity index is 1.89. The Labute approximate surface area is 132 Å². The predicted molar refractivity (Wildman–Crippen MR) is 88.6 cm³/mol. The van der Waals surface area contributed by atoms with Crippen LogP contribution in [0, 0.1) is 0 Å². The summed E-state index contributed by atoms with van der Waals surface area (Å²) < 4.78 is 8.97. The van der Waals surface area contributed by atoms with Crippen molar-refractivity contribution in [2.75, 3.05) is 0 Å². The fourth-order valence-corrected chi connectivity index (χ4v) is 3.18. The number of hydrogen-bond donors (Lipinski definition) is 0. The van der Waals surface area contributed by atoms with E-state index in [1.165, 1.54) is 5.39 Å². The molecule has 3 nitrogen and oxygen atoms in total. The third kappa shape index (κ3) is 2.68. The molecule has 0 unspecified atom stereocenters. The molecule has 0 saturated heterocycles. The maximum atomic E-state index is 6.03. The first-order valence-corrected chi connectivity index (χ1v) is 7.80. The molecule has 0 aliphatic heterocycles. The summed E-state index contributed by atoms with van der Waals surface area (Å²) in [6.45, 7) is 2.60. The molecule has 1 aromatic heterocycles. The van der Waals surface area contributed by atoms with E-state index in [4.69, 9.17) is 4.74 Å². The Kier molecular flexibility index (Phi) is 3.97. The fraction of sp³-hybridized carbons (Fsp3) is 0.235. The molecule has 108 valence electrons. The van der Waals surface area contributed by atoms with Gasteiger partial charge in [0.2, 0.25) is 0 Å². The molecule has 0 amide bonds. The van der Waals surface area contributed by atoms with Gasteiger partial charge in [0.1, 0.15) is 12.4 Å². The van der Waals surface area contributed by atoms with E-state index in [2.05, 4.69) is 46.2 Å². The molecule has 4 heteroatoms. The van der Waals surface area contributed by atoms with Gasteiger partial charge >= 0.3 is 0 Å². The van der Waals surface area contributed by atoms with Gasteiger partial charge in [-0.15, -0.1) is 0 Å². The molecule has 0 N–H and O–H groups in total. The summed E-state index contributed by atoms with van der Waals surface area (Å²) in [6.07, 6.45) is 0.905. The Morgan fingerprint density at radius 3 is 2.67 bits per heavy atom. The highest BCUT2D eigenvalue weighted by molar-refractivity contribution is 9.10. The number of aromatic nitrogens is 2. The molecule has 0 aliphatic carbocycles. The van der Waals surface area contributed by atoms with E-state index in [0.29, 0.717) is 6.61 Å². The van der Waals surface area contributed by atoms with Crippen LogP contribution in [0.4, 0.5) is 0 Å². The van der Waals surface area contributed by atoms with Crippen LogP contribution in [0.1, 0.15) is 18.3 Å². The second-order valence-corrected chi connectivity index (χ2v) is 5.74. The highest BCUT2D eigenvalue weighted by Crippen LogP contribution is 2.28. The number of aryl methyl sites for hydroxylation is 2. The fourth-order valence-electron chi connectivity index (χ4n) is 2.44. The van der Waals surface area contributed by atoms with Crippen LogP contribution < -0.4 is 4.74 Å². The van der Waals surface area contributed by atoms with Crippen LogP contribution >= 0.6 is 15.9 Å². The van der Waals surface area contributed by atoms with Gasteiger partial charge in [0.05, 0.1) is 15.9 Å². The smallest absolute Gasteiger partial charge is 0.131 e. The number of fused-ring (bicyclic) bond motifs is 1. The SMILES string of the molecule is CCc1nn(C)c(COc2cccc3ccccc23)c1Br. The first kappa shape index (κ1) is 14.1. The molecule has 0 radical (unpaired) electrons. The molecule has 3 rings (SSSR count). The van der Waals surface area contributed by atoms with Crippen molar-refractivity contribution in [2.24, 2.45) is 7.05 Å². The lowest BCUT2D eigenvalue weighted by Crippen LogP contribution is -2.03. The average Bonchev–Trinajstić information content (AvgIpc) is 2.79. The summed E-state index contributed by atoms with van der Waals surface area (Å²) in [6, 6.07) is 14.4. The molecule has 0 aliphatic rings. The molecular formula is C17H17BrN2O. The van der Waals surface area contributed by atoms with E-state index in [1.807, 2.05) is 36.0 Å². The number of halogens is 1. The summed E-state index contributed by atoms with van der Waals surface area (Å²) in [5, 5.41) is 6.81. The van der Waals surface area contributed by atoms with Gasteiger partial charge in [-0.25, -0.2) is 0 Å². The zero-order valence-electron chi connectivity index (χ0n) is 12.1. The van der Waals surface area contributed by atoms with Crippen molar-refractivity contribution in [3.8, 4) is 5.75 Å². The van der Waals surface area contributed by atoms with Gasteiger partial charge in [0.25, 0.3) is 0 Å². The Morgan fingerprint density at radius 2 is 1.90 bits per heavy atom. The number of ether oxygens (including phenoxy) is 1. The summed E-state index contributed by atoms with van der Waals surface area (Å²) in [5.41, 5.74) is 2.12. The maximum absolute atomic E-state index is 6.03. The second kappa shape index (κ2) is 5.90. The van der Waals surface area contributed by atoms with Crippen molar-refractivity contribution >= 4 is 26.7 Å². The van der Waals surface area contributed by atoms with Crippen LogP contribution in [0.3, 0.4) is 0 Å². The second-order valence-electron chi connectivity index (χ2n) is 4.95. The quantitative estimate of drug-likeness (QED) is 0.697. The molecule has 0 saturated carbocycles. The molecule has 1 heterocycles. The molecule has 3 aromatic rings. The molecule has 0 bridgehead atoms. The number of hydrogen-bond acceptors (Lipinski definition) is 2. The lowest BCUT2D eigenvalue weighted by Gasteiger charge is -2.10. The van der Waals surface area contributed by atoms with Crippen molar-refractivity contribution in [2.45, 2.75) is 20.0 Å². The van der Waals surface area contributed by atoms with Gasteiger partial charge in [0, 0.05) is 12.4 Å². The first-order valence-electron chi connectivity index (χ1n) is 7.01. The third-order valence-corrected chi connectivity index (χ3v) is 4.53. The van der Waals surface area contributed by atoms with Gasteiger partial charge in [-0.2, -0.15) is 5.10 Å². The van der Waals surface area contributed by atoms with Crippen molar-refractivity contribution in [1.29, 1.82) is 0 Å². The summed E-state index contributed by atoms with van der Waals surface area (Å²) in [4.78, 5) is 0. The van der Waals surface area contributed by atoms with Crippen molar-refractivity contribution in [3.63, 3.8) is 0 Å². The number of rotatable bonds is 4. The first-order chi connectivity index (χ1) is 10.2. The molecule has 0 fully saturated rings. The lowest BCUT2D eigenvalue weighted by atomic mass is 10.1. The van der Waals surface area contributed by atoms with Crippen molar-refractivity contribution in [3.05, 3.63) is 58.3 Å². The van der Waals surface area contributed by atoms with Crippen LogP contribution in [-0.2, 0) is 20.1 Å². The zero-order chi connectivity index (χ0) is 14.8.